The molecule has 0 N–H and O–H groups in total. The van der Waals surface area contributed by atoms with Crippen molar-refractivity contribution >= 4 is 5.78 Å². The smallest absolute Gasteiger partial charge is 0.135 e. The second-order valence-electron chi connectivity index (χ2n) is 10.1. The van der Waals surface area contributed by atoms with Gasteiger partial charge in [0.1, 0.15) is 5.78 Å². The highest BCUT2D eigenvalue weighted by atomic mass is 16.1. The molecule has 3 fully saturated rings. The molecule has 0 spiro atoms. The number of hydrogen-bond donors (Lipinski definition) is 0. The van der Waals surface area contributed by atoms with E-state index in [0.29, 0.717) is 11.7 Å². The lowest BCUT2D eigenvalue weighted by molar-refractivity contribution is -0.124. The van der Waals surface area contributed by atoms with E-state index in [-0.39, 0.29) is 0 Å². The molecule has 4 atom stereocenters. The van der Waals surface area contributed by atoms with Gasteiger partial charge >= 0.3 is 0 Å². The summed E-state index contributed by atoms with van der Waals surface area (Å²) in [5.41, 5.74) is 0. The molecule has 3 aliphatic rings. The van der Waals surface area contributed by atoms with Gasteiger partial charge < -0.3 is 0 Å². The number of carbonyl (C=O) groups excluding carboxylic acids is 1. The van der Waals surface area contributed by atoms with E-state index in [1.165, 1.54) is 83.5 Å². The molecule has 26 heavy (non-hydrogen) atoms. The van der Waals surface area contributed by atoms with Gasteiger partial charge in [-0.2, -0.15) is 0 Å². The lowest BCUT2D eigenvalue weighted by Gasteiger charge is -2.45. The molecule has 0 aromatic carbocycles. The maximum absolute atomic E-state index is 12.2. The number of fused-ring (bicyclic) bond motifs is 1. The second-order valence-corrected chi connectivity index (χ2v) is 10.1. The Morgan fingerprint density at radius 1 is 0.692 bits per heavy atom. The first-order valence-electron chi connectivity index (χ1n) is 12.2. The molecule has 0 amide bonds. The quantitative estimate of drug-likeness (QED) is 0.408. The molecule has 0 aliphatic heterocycles. The van der Waals surface area contributed by atoms with Crippen LogP contribution in [0.4, 0.5) is 0 Å². The third-order valence-corrected chi connectivity index (χ3v) is 8.37. The number of ketones is 1. The Hall–Kier alpha value is -0.330. The molecule has 0 unspecified atom stereocenters. The minimum absolute atomic E-state index is 0.418. The van der Waals surface area contributed by atoms with E-state index in [0.717, 1.165) is 42.4 Å². The maximum Gasteiger partial charge on any atom is 0.135 e. The first kappa shape index (κ1) is 20.4. The van der Waals surface area contributed by atoms with Crippen LogP contribution in [0.2, 0.25) is 0 Å². The third-order valence-electron chi connectivity index (χ3n) is 8.37. The molecule has 1 heteroatoms. The van der Waals surface area contributed by atoms with E-state index in [1.54, 1.807) is 6.42 Å². The highest BCUT2D eigenvalue weighted by molar-refractivity contribution is 5.80. The summed E-state index contributed by atoms with van der Waals surface area (Å²) in [6.45, 7) is 4.46. The predicted octanol–water partition coefficient (Wildman–Crippen LogP) is 7.57. The van der Waals surface area contributed by atoms with Crippen LogP contribution in [0, 0.1) is 35.5 Å². The van der Waals surface area contributed by atoms with Gasteiger partial charge in [0.2, 0.25) is 0 Å². The van der Waals surface area contributed by atoms with Crippen LogP contribution in [0.25, 0.3) is 0 Å². The van der Waals surface area contributed by atoms with Gasteiger partial charge in [-0.05, 0) is 93.8 Å². The first-order valence-corrected chi connectivity index (χ1v) is 12.2. The van der Waals surface area contributed by atoms with Gasteiger partial charge in [0, 0.05) is 12.3 Å². The SMILES string of the molecule is CCCCC[C@H]1CC[C@@H]2C[C@H](C3CCC(C(=O)CCC)CC3)CC[C@H]2C1. The van der Waals surface area contributed by atoms with Crippen molar-refractivity contribution in [3.05, 3.63) is 0 Å². The number of carbonyl (C=O) groups is 1. The Labute approximate surface area is 163 Å². The topological polar surface area (TPSA) is 17.1 Å². The fourth-order valence-electron chi connectivity index (χ4n) is 6.76. The van der Waals surface area contributed by atoms with Crippen LogP contribution in [0.15, 0.2) is 0 Å². The van der Waals surface area contributed by atoms with Crippen molar-refractivity contribution in [2.45, 2.75) is 117 Å². The summed E-state index contributed by atoms with van der Waals surface area (Å²) in [7, 11) is 0. The lowest BCUT2D eigenvalue weighted by Crippen LogP contribution is -2.35. The van der Waals surface area contributed by atoms with Crippen LogP contribution in [-0.2, 0) is 4.79 Å². The van der Waals surface area contributed by atoms with Crippen LogP contribution >= 0.6 is 0 Å². The van der Waals surface area contributed by atoms with Gasteiger partial charge in [0.05, 0.1) is 0 Å². The van der Waals surface area contributed by atoms with Gasteiger partial charge in [0.25, 0.3) is 0 Å². The zero-order valence-electron chi connectivity index (χ0n) is 17.7. The molecule has 0 radical (unpaired) electrons. The van der Waals surface area contributed by atoms with Crippen molar-refractivity contribution in [3.63, 3.8) is 0 Å². The molecule has 0 heterocycles. The van der Waals surface area contributed by atoms with E-state index in [2.05, 4.69) is 13.8 Å². The van der Waals surface area contributed by atoms with Crippen molar-refractivity contribution in [2.24, 2.45) is 35.5 Å². The monoisotopic (exact) mass is 360 g/mol. The Kier molecular flexibility index (Phi) is 8.07. The highest BCUT2D eigenvalue weighted by Gasteiger charge is 2.39. The summed E-state index contributed by atoms with van der Waals surface area (Å²) >= 11 is 0. The van der Waals surface area contributed by atoms with Crippen LogP contribution in [-0.4, -0.2) is 5.78 Å². The maximum atomic E-state index is 12.2. The molecule has 3 rings (SSSR count). The number of hydrogen-bond acceptors (Lipinski definition) is 1. The second kappa shape index (κ2) is 10.3. The van der Waals surface area contributed by atoms with Crippen molar-refractivity contribution in [3.8, 4) is 0 Å². The van der Waals surface area contributed by atoms with E-state index in [4.69, 9.17) is 0 Å². The zero-order chi connectivity index (χ0) is 18.4. The van der Waals surface area contributed by atoms with Crippen LogP contribution < -0.4 is 0 Å². The van der Waals surface area contributed by atoms with Crippen molar-refractivity contribution in [1.82, 2.24) is 0 Å². The van der Waals surface area contributed by atoms with Crippen molar-refractivity contribution in [2.75, 3.05) is 0 Å². The fraction of sp³-hybridized carbons (Fsp3) is 0.960. The van der Waals surface area contributed by atoms with Gasteiger partial charge in [-0.25, -0.2) is 0 Å². The predicted molar refractivity (Wildman–Crippen MR) is 111 cm³/mol. The van der Waals surface area contributed by atoms with Crippen LogP contribution in [0.5, 0.6) is 0 Å². The molecule has 0 saturated heterocycles. The van der Waals surface area contributed by atoms with E-state index in [9.17, 15) is 4.79 Å². The van der Waals surface area contributed by atoms with Gasteiger partial charge in [0.15, 0.2) is 0 Å². The van der Waals surface area contributed by atoms with E-state index in [1.807, 2.05) is 0 Å². The highest BCUT2D eigenvalue weighted by Crippen LogP contribution is 2.49. The molecule has 0 aromatic rings. The minimum atomic E-state index is 0.418. The first-order chi connectivity index (χ1) is 12.7. The Balaban J connectivity index is 1.40. The standard InChI is InChI=1S/C25H44O/c1-3-5-6-8-19-9-10-24-18-23(16-15-22(24)17-19)20-11-13-21(14-12-20)25(26)7-4-2/h19-24H,3-18H2,1-2H3/t19-,20?,21?,22-,23+,24+/m0/s1. The van der Waals surface area contributed by atoms with Gasteiger partial charge in [-0.3, -0.25) is 4.79 Å². The average molecular weight is 361 g/mol. The summed E-state index contributed by atoms with van der Waals surface area (Å²) in [4.78, 5) is 12.2. The lowest BCUT2D eigenvalue weighted by atomic mass is 9.60. The third kappa shape index (κ3) is 5.35. The number of rotatable bonds is 8. The summed E-state index contributed by atoms with van der Waals surface area (Å²) < 4.78 is 0. The molecule has 1 nitrogen and oxygen atoms in total. The summed E-state index contributed by atoms with van der Waals surface area (Å²) in [6.07, 6.45) is 21.9. The van der Waals surface area contributed by atoms with Crippen LogP contribution in [0.3, 0.4) is 0 Å². The summed E-state index contributed by atoms with van der Waals surface area (Å²) in [5.74, 6) is 6.10. The van der Waals surface area contributed by atoms with Crippen LogP contribution in [0.1, 0.15) is 117 Å². The summed E-state index contributed by atoms with van der Waals surface area (Å²) in [6, 6.07) is 0. The molecule has 0 bridgehead atoms. The van der Waals surface area contributed by atoms with Gasteiger partial charge in [-0.1, -0.05) is 46.0 Å². The molecule has 3 aliphatic carbocycles. The normalized spacial score (nSPS) is 37.9. The summed E-state index contributed by atoms with van der Waals surface area (Å²) in [5, 5.41) is 0. The average Bonchev–Trinajstić information content (AvgIpc) is 2.68. The minimum Gasteiger partial charge on any atom is -0.299 e. The van der Waals surface area contributed by atoms with Crippen molar-refractivity contribution < 1.29 is 4.79 Å². The largest absolute Gasteiger partial charge is 0.299 e. The Bertz CT molecular complexity index is 420. The molecule has 0 aromatic heterocycles. The Morgan fingerprint density at radius 3 is 2.00 bits per heavy atom. The fourth-order valence-corrected chi connectivity index (χ4v) is 6.76. The van der Waals surface area contributed by atoms with Crippen molar-refractivity contribution in [1.29, 1.82) is 0 Å². The molecular weight excluding hydrogens is 316 g/mol. The molecule has 3 saturated carbocycles. The van der Waals surface area contributed by atoms with E-state index >= 15 is 0 Å². The van der Waals surface area contributed by atoms with E-state index < -0.39 is 0 Å². The molecular formula is C25H44O. The zero-order valence-corrected chi connectivity index (χ0v) is 17.7. The number of unbranched alkanes of at least 4 members (excludes halogenated alkanes) is 2. The van der Waals surface area contributed by atoms with Gasteiger partial charge in [-0.15, -0.1) is 0 Å². The Morgan fingerprint density at radius 2 is 1.31 bits per heavy atom. The molecule has 150 valence electrons. The number of Topliss-reactive ketones (excluding diaryl/α,β-unsaturated/α-hetero) is 1.